The van der Waals surface area contributed by atoms with E-state index in [2.05, 4.69) is 25.6 Å². The van der Waals surface area contributed by atoms with Crippen LogP contribution in [0.3, 0.4) is 0 Å². The van der Waals surface area contributed by atoms with E-state index in [1.165, 1.54) is 0 Å². The summed E-state index contributed by atoms with van der Waals surface area (Å²) in [7, 11) is 3.18. The summed E-state index contributed by atoms with van der Waals surface area (Å²) in [6, 6.07) is 5.77. The number of pyridine rings is 1. The average Bonchev–Trinajstić information content (AvgIpc) is 1.53. The number of nitrogens with zero attached hydrogens (tertiary/aromatic N) is 4. The van der Waals surface area contributed by atoms with Gasteiger partial charge in [-0.05, 0) is 28.5 Å². The first-order chi connectivity index (χ1) is 51.7. The summed E-state index contributed by atoms with van der Waals surface area (Å²) in [6.45, 7) is 25.8. The molecule has 35 nitrogen and oxygen atoms in total. The highest BCUT2D eigenvalue weighted by Crippen LogP contribution is 2.29. The van der Waals surface area contributed by atoms with E-state index in [1.807, 2.05) is 18.2 Å². The molecule has 0 saturated carbocycles. The van der Waals surface area contributed by atoms with Crippen LogP contribution in [0.5, 0.6) is 0 Å². The monoisotopic (exact) mass is 1540 g/mol. The molecule has 0 aliphatic rings. The normalized spacial score (nSPS) is 11.5. The van der Waals surface area contributed by atoms with E-state index in [-0.39, 0.29) is 18.2 Å². The molecule has 0 spiro atoms. The molecule has 0 aliphatic carbocycles. The minimum absolute atomic E-state index is 0.00872. The first-order valence-corrected chi connectivity index (χ1v) is 38.4. The molecule has 2 N–H and O–H groups in total. The van der Waals surface area contributed by atoms with Gasteiger partial charge >= 0.3 is 0 Å². The van der Waals surface area contributed by atoms with Gasteiger partial charge in [0.15, 0.2) is 0 Å². The average molecular weight is 1540 g/mol. The Morgan fingerprint density at radius 3 is 0.731 bits per heavy atom. The van der Waals surface area contributed by atoms with Gasteiger partial charge in [0.05, 0.1) is 357 Å². The number of nitrogens with one attached hydrogen (secondary N) is 2. The van der Waals surface area contributed by atoms with E-state index in [0.29, 0.717) is 389 Å². The highest BCUT2D eigenvalue weighted by molar-refractivity contribution is 8.76. The quantitative estimate of drug-likeness (QED) is 0.0311. The molecule has 1 aromatic rings. The fraction of sp³-hybridized carbons (Fsp3) is 0.896. The Morgan fingerprint density at radius 2 is 0.510 bits per heavy atom. The number of hydrogen-bond donors (Lipinski definition) is 2. The van der Waals surface area contributed by atoms with Crippen molar-refractivity contribution in [1.29, 1.82) is 0 Å². The Bertz CT molecular complexity index is 1910. The topological polar surface area (TPSA) is 369 Å². The summed E-state index contributed by atoms with van der Waals surface area (Å²) in [5, 5.41) is 9.94. The minimum Gasteiger partial charge on any atom is -0.379 e. The predicted molar refractivity (Wildman–Crippen MR) is 384 cm³/mol. The van der Waals surface area contributed by atoms with Gasteiger partial charge in [0.2, 0.25) is 11.8 Å². The first-order valence-electron chi connectivity index (χ1n) is 36.1. The summed E-state index contributed by atoms with van der Waals surface area (Å²) in [5.41, 5.74) is 8.18. The molecule has 0 saturated heterocycles. The van der Waals surface area contributed by atoms with E-state index in [0.717, 1.165) is 5.03 Å². The third-order valence-electron chi connectivity index (χ3n) is 12.5. The Kier molecular flexibility index (Phi) is 86.3. The van der Waals surface area contributed by atoms with Gasteiger partial charge in [-0.1, -0.05) is 22.0 Å². The molecule has 2 amide bonds. The van der Waals surface area contributed by atoms with Crippen molar-refractivity contribution in [1.82, 2.24) is 15.6 Å². The van der Waals surface area contributed by atoms with E-state index in [9.17, 15) is 9.59 Å². The van der Waals surface area contributed by atoms with Crippen LogP contribution in [0.25, 0.3) is 10.4 Å². The second kappa shape index (κ2) is 90.6. The molecule has 0 fully saturated rings. The zero-order valence-corrected chi connectivity index (χ0v) is 63.3. The van der Waals surface area contributed by atoms with Crippen molar-refractivity contribution in [3.8, 4) is 0 Å². The SMILES string of the molecule is [N-]=[N+]=NCCOCCOCCOCCNC(=O)CCOCCOCCOCCOCCOCCOCCOCCOCCOCCOCCOCCOCCOCCOCCOCCOCCOCCOCCOCCOCCOCCOCCOCCOCCNC(=O)CCSSc1ccccn1. The lowest BCUT2D eigenvalue weighted by molar-refractivity contribution is -0.122. The highest BCUT2D eigenvalue weighted by atomic mass is 33.1. The standard InChI is InChI=1S/C67H126N6O29S2/c68-73-72-9-13-79-17-21-81-19-15-77-11-7-69-65(74)4-10-76-14-18-80-22-24-83-26-28-85-30-32-87-34-36-89-38-40-91-42-44-93-46-48-95-50-52-97-54-56-99-58-60-101-62-63-102-61-59-100-57-55-98-53-51-96-49-47-94-45-43-92-41-39-90-37-35-88-33-31-86-29-27-84-25-23-82-20-16-78-12-8-70-66(75)5-64-103-104-67-3-1-2-6-71-67/h1-3,6H,4-5,7-64H2,(H,69,74)(H,70,75). The molecule has 1 rings (SSSR count). The van der Waals surface area contributed by atoms with Crippen molar-refractivity contribution in [2.75, 3.05) is 382 Å². The van der Waals surface area contributed by atoms with Crippen LogP contribution in [-0.4, -0.2) is 399 Å². The summed E-state index contributed by atoms with van der Waals surface area (Å²) in [5.74, 6) is 0.613. The molecule has 0 atom stereocenters. The molecule has 610 valence electrons. The smallest absolute Gasteiger partial charge is 0.222 e. The van der Waals surface area contributed by atoms with Gasteiger partial charge in [0.1, 0.15) is 5.03 Å². The number of rotatable bonds is 92. The first kappa shape index (κ1) is 99.0. The Balaban J connectivity index is 1.60. The van der Waals surface area contributed by atoms with Crippen LogP contribution < -0.4 is 10.6 Å². The predicted octanol–water partition coefficient (Wildman–Crippen LogP) is 2.59. The molecule has 0 aliphatic heterocycles. The van der Waals surface area contributed by atoms with Gasteiger partial charge in [0, 0.05) is 49.3 Å². The molecule has 1 aromatic heterocycles. The molecule has 0 unspecified atom stereocenters. The molecule has 0 bridgehead atoms. The number of hydrogen-bond acceptors (Lipinski definition) is 33. The van der Waals surface area contributed by atoms with Gasteiger partial charge in [-0.2, -0.15) is 0 Å². The molecule has 0 aromatic carbocycles. The lowest BCUT2D eigenvalue weighted by Gasteiger charge is -2.09. The van der Waals surface area contributed by atoms with Crippen LogP contribution in [0.2, 0.25) is 0 Å². The third kappa shape index (κ3) is 86.3. The number of azide groups is 1. The minimum atomic E-state index is -0.110. The van der Waals surface area contributed by atoms with Gasteiger partial charge in [-0.15, -0.1) is 0 Å². The summed E-state index contributed by atoms with van der Waals surface area (Å²) in [6.07, 6.45) is 2.46. The molecular weight excluding hydrogens is 1420 g/mol. The number of carbonyl (C=O) groups excluding carboxylic acids is 2. The van der Waals surface area contributed by atoms with E-state index in [4.69, 9.17) is 133 Å². The fourth-order valence-corrected chi connectivity index (χ4v) is 9.22. The van der Waals surface area contributed by atoms with E-state index >= 15 is 0 Å². The highest BCUT2D eigenvalue weighted by Gasteiger charge is 2.06. The largest absolute Gasteiger partial charge is 0.379 e. The zero-order valence-electron chi connectivity index (χ0n) is 61.7. The summed E-state index contributed by atoms with van der Waals surface area (Å²) in [4.78, 5) is 30.7. The number of amides is 2. The van der Waals surface area contributed by atoms with Crippen LogP contribution in [-0.2, 0) is 137 Å². The van der Waals surface area contributed by atoms with Gasteiger partial charge < -0.3 is 139 Å². The summed E-state index contributed by atoms with van der Waals surface area (Å²) >= 11 is 0. The molecule has 104 heavy (non-hydrogen) atoms. The molecule has 0 radical (unpaired) electrons. The Hall–Kier alpha value is -2.98. The van der Waals surface area contributed by atoms with Crippen molar-refractivity contribution >= 4 is 33.4 Å². The molecule has 37 heteroatoms. The van der Waals surface area contributed by atoms with Crippen LogP contribution >= 0.6 is 21.6 Å². The summed E-state index contributed by atoms with van der Waals surface area (Å²) < 4.78 is 149. The van der Waals surface area contributed by atoms with Gasteiger partial charge in [-0.25, -0.2) is 4.98 Å². The second-order valence-electron chi connectivity index (χ2n) is 20.8. The number of aromatic nitrogens is 1. The molecular formula is C67H126N6O29S2. The second-order valence-corrected chi connectivity index (χ2v) is 23.2. The maximum absolute atomic E-state index is 11.9. The van der Waals surface area contributed by atoms with Crippen LogP contribution in [0.15, 0.2) is 34.5 Å². The lowest BCUT2D eigenvalue weighted by atomic mass is 10.4. The van der Waals surface area contributed by atoms with Crippen LogP contribution in [0, 0.1) is 0 Å². The van der Waals surface area contributed by atoms with Crippen molar-refractivity contribution in [3.05, 3.63) is 34.8 Å². The van der Waals surface area contributed by atoms with E-state index < -0.39 is 0 Å². The van der Waals surface area contributed by atoms with Gasteiger partial charge in [-0.3, -0.25) is 9.59 Å². The fourth-order valence-electron chi connectivity index (χ4n) is 7.35. The number of ether oxygens (including phenoxy) is 27. The van der Waals surface area contributed by atoms with Crippen LogP contribution in [0.1, 0.15) is 12.8 Å². The number of carbonyl (C=O) groups is 2. The van der Waals surface area contributed by atoms with Crippen molar-refractivity contribution in [2.24, 2.45) is 5.11 Å². The third-order valence-corrected chi connectivity index (χ3v) is 14.8. The van der Waals surface area contributed by atoms with Crippen molar-refractivity contribution < 1.29 is 137 Å². The van der Waals surface area contributed by atoms with Crippen molar-refractivity contribution in [3.63, 3.8) is 0 Å². The van der Waals surface area contributed by atoms with Crippen LogP contribution in [0.4, 0.5) is 0 Å². The zero-order chi connectivity index (χ0) is 74.0. The van der Waals surface area contributed by atoms with Gasteiger partial charge in [0.25, 0.3) is 0 Å². The lowest BCUT2D eigenvalue weighted by Crippen LogP contribution is -2.28. The van der Waals surface area contributed by atoms with Crippen molar-refractivity contribution in [2.45, 2.75) is 17.9 Å². The Labute approximate surface area is 624 Å². The molecule has 1 heterocycles. The van der Waals surface area contributed by atoms with E-state index in [1.54, 1.807) is 27.8 Å². The Morgan fingerprint density at radius 1 is 0.298 bits per heavy atom. The maximum Gasteiger partial charge on any atom is 0.222 e. The maximum atomic E-state index is 11.9.